The fraction of sp³-hybridized carbons (Fsp3) is 0.107. The summed E-state index contributed by atoms with van der Waals surface area (Å²) in [4.78, 5) is 13.4. The van der Waals surface area contributed by atoms with Crippen LogP contribution in [0.4, 0.5) is 5.69 Å². The van der Waals surface area contributed by atoms with Gasteiger partial charge in [0.2, 0.25) is 0 Å². The van der Waals surface area contributed by atoms with E-state index in [1.165, 1.54) is 12.1 Å². The van der Waals surface area contributed by atoms with Gasteiger partial charge in [0.1, 0.15) is 11.5 Å². The quantitative estimate of drug-likeness (QED) is 0.309. The average molecular weight is 488 g/mol. The van der Waals surface area contributed by atoms with E-state index in [2.05, 4.69) is 0 Å². The first-order chi connectivity index (χ1) is 17.0. The number of carbonyl (C=O) groups excluding carboxylic acids is 1. The molecule has 4 aromatic carbocycles. The maximum atomic E-state index is 13.5. The second-order valence-electron chi connectivity index (χ2n) is 7.55. The highest BCUT2D eigenvalue weighted by molar-refractivity contribution is 7.93. The lowest BCUT2D eigenvalue weighted by Crippen LogP contribution is -2.40. The van der Waals surface area contributed by atoms with Gasteiger partial charge in [-0.3, -0.25) is 4.79 Å². The Morgan fingerprint density at radius 1 is 0.743 bits per heavy atom. The molecule has 0 radical (unpaired) electrons. The minimum Gasteiger partial charge on any atom is -0.494 e. The number of anilines is 1. The fourth-order valence-corrected chi connectivity index (χ4v) is 5.04. The van der Waals surface area contributed by atoms with Crippen molar-refractivity contribution in [3.05, 3.63) is 109 Å². The van der Waals surface area contributed by atoms with Gasteiger partial charge < -0.3 is 9.47 Å². The third-order valence-electron chi connectivity index (χ3n) is 5.21. The molecular formula is C28H25NO5S. The van der Waals surface area contributed by atoms with Crippen molar-refractivity contribution in [2.75, 3.05) is 17.5 Å². The van der Waals surface area contributed by atoms with Crippen LogP contribution in [0, 0.1) is 0 Å². The van der Waals surface area contributed by atoms with E-state index < -0.39 is 22.5 Å². The molecule has 4 aromatic rings. The number of hydrogen-bond donors (Lipinski definition) is 0. The topological polar surface area (TPSA) is 72.9 Å². The van der Waals surface area contributed by atoms with Crippen molar-refractivity contribution < 1.29 is 22.7 Å². The molecule has 6 nitrogen and oxygen atoms in total. The number of hydrogen-bond acceptors (Lipinski definition) is 5. The van der Waals surface area contributed by atoms with Gasteiger partial charge in [-0.1, -0.05) is 66.7 Å². The van der Waals surface area contributed by atoms with Gasteiger partial charge in [-0.25, -0.2) is 8.42 Å². The first-order valence-corrected chi connectivity index (χ1v) is 12.6. The van der Waals surface area contributed by atoms with E-state index in [1.807, 2.05) is 49.4 Å². The van der Waals surface area contributed by atoms with E-state index >= 15 is 0 Å². The minimum absolute atomic E-state index is 0.00641. The number of carbonyl (C=O) groups is 1. The van der Waals surface area contributed by atoms with Crippen molar-refractivity contribution in [3.8, 4) is 22.6 Å². The molecular weight excluding hydrogens is 462 g/mol. The molecule has 0 heterocycles. The lowest BCUT2D eigenvalue weighted by atomic mass is 10.1. The molecule has 0 bridgehead atoms. The van der Waals surface area contributed by atoms with Crippen molar-refractivity contribution in [2.45, 2.75) is 11.8 Å². The summed E-state index contributed by atoms with van der Waals surface area (Å²) >= 11 is 0. The van der Waals surface area contributed by atoms with Crippen LogP contribution in [0.5, 0.6) is 11.5 Å². The predicted octanol–water partition coefficient (Wildman–Crippen LogP) is 5.55. The molecule has 7 heteroatoms. The van der Waals surface area contributed by atoms with Gasteiger partial charge in [-0.05, 0) is 55.0 Å². The van der Waals surface area contributed by atoms with Crippen LogP contribution in [-0.2, 0) is 14.8 Å². The summed E-state index contributed by atoms with van der Waals surface area (Å²) in [6, 6.07) is 31.1. The second-order valence-corrected chi connectivity index (χ2v) is 9.34. The van der Waals surface area contributed by atoms with Gasteiger partial charge in [-0.15, -0.1) is 0 Å². The number of para-hydroxylation sites is 1. The highest BCUT2D eigenvalue weighted by atomic mass is 32.2. The van der Waals surface area contributed by atoms with Crippen LogP contribution >= 0.6 is 0 Å². The Balaban J connectivity index is 1.65. The Labute approximate surface area is 205 Å². The number of ether oxygens (including phenoxy) is 2. The molecule has 0 atom stereocenters. The van der Waals surface area contributed by atoms with Crippen molar-refractivity contribution in [2.24, 2.45) is 0 Å². The molecule has 0 spiro atoms. The van der Waals surface area contributed by atoms with Crippen LogP contribution in [0.3, 0.4) is 0 Å². The highest BCUT2D eigenvalue weighted by Gasteiger charge is 2.31. The predicted molar refractivity (Wildman–Crippen MR) is 136 cm³/mol. The summed E-state index contributed by atoms with van der Waals surface area (Å²) in [6.07, 6.45) is 0. The Morgan fingerprint density at radius 2 is 1.34 bits per heavy atom. The molecule has 0 unspecified atom stereocenters. The van der Waals surface area contributed by atoms with Gasteiger partial charge in [-0.2, -0.15) is 4.31 Å². The molecule has 0 aliphatic rings. The van der Waals surface area contributed by atoms with E-state index in [4.69, 9.17) is 9.47 Å². The van der Waals surface area contributed by atoms with E-state index in [-0.39, 0.29) is 10.6 Å². The molecule has 0 saturated heterocycles. The van der Waals surface area contributed by atoms with Crippen molar-refractivity contribution >= 4 is 21.6 Å². The molecule has 0 aromatic heterocycles. The van der Waals surface area contributed by atoms with Gasteiger partial charge in [0.05, 0.1) is 17.2 Å². The van der Waals surface area contributed by atoms with Crippen LogP contribution in [0.15, 0.2) is 114 Å². The van der Waals surface area contributed by atoms with Crippen molar-refractivity contribution in [3.63, 3.8) is 0 Å². The first-order valence-electron chi connectivity index (χ1n) is 11.1. The van der Waals surface area contributed by atoms with Gasteiger partial charge >= 0.3 is 0 Å². The minimum atomic E-state index is -4.18. The van der Waals surface area contributed by atoms with E-state index in [0.29, 0.717) is 18.1 Å². The largest absolute Gasteiger partial charge is 0.494 e. The van der Waals surface area contributed by atoms with Crippen LogP contribution < -0.4 is 13.8 Å². The third kappa shape index (κ3) is 5.53. The van der Waals surface area contributed by atoms with Crippen LogP contribution in [0.25, 0.3) is 11.1 Å². The molecule has 4 rings (SSSR count). The van der Waals surface area contributed by atoms with Gasteiger partial charge in [0, 0.05) is 5.56 Å². The number of rotatable bonds is 9. The average Bonchev–Trinajstić information content (AvgIpc) is 2.90. The standard InChI is InChI=1S/C28H25NO5S/c1-2-33-24-19-17-23(18-20-24)29(35(31,32)25-13-7-4-8-14-25)28(30)21-34-27-16-10-9-15-26(27)22-11-5-3-6-12-22/h3-20H,2,21H2,1H3. The molecule has 0 aliphatic carbocycles. The molecule has 0 saturated carbocycles. The molecule has 178 valence electrons. The summed E-state index contributed by atoms with van der Waals surface area (Å²) in [5, 5.41) is 0. The maximum absolute atomic E-state index is 13.5. The lowest BCUT2D eigenvalue weighted by molar-refractivity contribution is -0.119. The normalized spacial score (nSPS) is 11.0. The molecule has 35 heavy (non-hydrogen) atoms. The molecule has 0 fully saturated rings. The van der Waals surface area contributed by atoms with Crippen LogP contribution in [0.1, 0.15) is 6.92 Å². The number of sulfonamides is 1. The zero-order valence-corrected chi connectivity index (χ0v) is 20.0. The van der Waals surface area contributed by atoms with E-state index in [9.17, 15) is 13.2 Å². The van der Waals surface area contributed by atoms with Crippen LogP contribution in [0.2, 0.25) is 0 Å². The fourth-order valence-electron chi connectivity index (χ4n) is 3.61. The Morgan fingerprint density at radius 3 is 2.00 bits per heavy atom. The molecule has 1 amide bonds. The summed E-state index contributed by atoms with van der Waals surface area (Å²) in [7, 11) is -4.18. The number of amides is 1. The highest BCUT2D eigenvalue weighted by Crippen LogP contribution is 2.30. The Hall–Kier alpha value is -4.10. The molecule has 0 N–H and O–H groups in total. The molecule has 0 aliphatic heterocycles. The van der Waals surface area contributed by atoms with Crippen LogP contribution in [-0.4, -0.2) is 27.5 Å². The summed E-state index contributed by atoms with van der Waals surface area (Å²) in [5.41, 5.74) is 1.93. The maximum Gasteiger partial charge on any atom is 0.278 e. The van der Waals surface area contributed by atoms with Crippen molar-refractivity contribution in [1.29, 1.82) is 0 Å². The monoisotopic (exact) mass is 487 g/mol. The van der Waals surface area contributed by atoms with Gasteiger partial charge in [0.15, 0.2) is 6.61 Å². The third-order valence-corrected chi connectivity index (χ3v) is 6.98. The van der Waals surface area contributed by atoms with Gasteiger partial charge in [0.25, 0.3) is 15.9 Å². The zero-order valence-electron chi connectivity index (χ0n) is 19.2. The summed E-state index contributed by atoms with van der Waals surface area (Å²) in [6.45, 7) is 1.86. The number of benzene rings is 4. The summed E-state index contributed by atoms with van der Waals surface area (Å²) < 4.78 is 39.1. The Bertz CT molecular complexity index is 1370. The van der Waals surface area contributed by atoms with E-state index in [0.717, 1.165) is 15.4 Å². The Kier molecular flexibility index (Phi) is 7.48. The first kappa shape index (κ1) is 24.0. The number of nitrogens with zero attached hydrogens (tertiary/aromatic N) is 1. The SMILES string of the molecule is CCOc1ccc(N(C(=O)COc2ccccc2-c2ccccc2)S(=O)(=O)c2ccccc2)cc1. The van der Waals surface area contributed by atoms with E-state index in [1.54, 1.807) is 54.6 Å². The second kappa shape index (κ2) is 10.9. The lowest BCUT2D eigenvalue weighted by Gasteiger charge is -2.23. The summed E-state index contributed by atoms with van der Waals surface area (Å²) in [5.74, 6) is 0.338. The van der Waals surface area contributed by atoms with Crippen molar-refractivity contribution in [1.82, 2.24) is 0 Å². The zero-order chi connectivity index (χ0) is 24.7. The smallest absolute Gasteiger partial charge is 0.278 e.